The lowest BCUT2D eigenvalue weighted by molar-refractivity contribution is 0.171. The Hall–Kier alpha value is -3.59. The molecule has 0 bridgehead atoms. The number of nitrogens with zero attached hydrogens (tertiary/aromatic N) is 2. The standard InChI is InChI=1S/C21H20N4O4S/c1-26-18-12-19(29-15-5-3-2-4-6-15)24-20(23-18)25-21(30)22-13-14-7-8-16-17(11-14)28-10-9-27-16/h2-8,11-12H,9-10,13H2,1H3,(H2,22,23,24,25,30). The molecule has 0 saturated carbocycles. The van der Waals surface area contributed by atoms with Crippen LogP contribution in [0.2, 0.25) is 0 Å². The third-order valence-electron chi connectivity index (χ3n) is 4.14. The predicted molar refractivity (Wildman–Crippen MR) is 116 cm³/mol. The van der Waals surface area contributed by atoms with E-state index in [0.29, 0.717) is 42.4 Å². The number of hydrogen-bond acceptors (Lipinski definition) is 7. The molecule has 8 nitrogen and oxygen atoms in total. The Labute approximate surface area is 179 Å². The van der Waals surface area contributed by atoms with E-state index in [4.69, 9.17) is 31.2 Å². The van der Waals surface area contributed by atoms with Crippen LogP contribution in [0, 0.1) is 0 Å². The first-order valence-electron chi connectivity index (χ1n) is 9.29. The summed E-state index contributed by atoms with van der Waals surface area (Å²) in [7, 11) is 1.52. The minimum Gasteiger partial charge on any atom is -0.486 e. The fraction of sp³-hybridized carbons (Fsp3) is 0.190. The van der Waals surface area contributed by atoms with E-state index < -0.39 is 0 Å². The highest BCUT2D eigenvalue weighted by Gasteiger charge is 2.12. The molecule has 3 aromatic rings. The lowest BCUT2D eigenvalue weighted by Gasteiger charge is -2.19. The molecule has 30 heavy (non-hydrogen) atoms. The molecular formula is C21H20N4O4S. The van der Waals surface area contributed by atoms with E-state index in [1.807, 2.05) is 48.5 Å². The first-order valence-corrected chi connectivity index (χ1v) is 9.70. The van der Waals surface area contributed by atoms with Gasteiger partial charge in [-0.2, -0.15) is 9.97 Å². The van der Waals surface area contributed by atoms with Crippen LogP contribution >= 0.6 is 12.2 Å². The molecule has 0 fully saturated rings. The van der Waals surface area contributed by atoms with Gasteiger partial charge in [-0.15, -0.1) is 0 Å². The summed E-state index contributed by atoms with van der Waals surface area (Å²) in [6, 6.07) is 16.7. The fourth-order valence-corrected chi connectivity index (χ4v) is 2.92. The molecule has 0 aliphatic carbocycles. The van der Waals surface area contributed by atoms with Gasteiger partial charge in [-0.25, -0.2) is 0 Å². The third-order valence-corrected chi connectivity index (χ3v) is 4.39. The summed E-state index contributed by atoms with van der Waals surface area (Å²) >= 11 is 5.37. The average Bonchev–Trinajstić information content (AvgIpc) is 2.78. The number of hydrogen-bond donors (Lipinski definition) is 2. The molecule has 9 heteroatoms. The van der Waals surface area contributed by atoms with Crippen LogP contribution in [-0.2, 0) is 6.54 Å². The van der Waals surface area contributed by atoms with Crippen LogP contribution in [0.1, 0.15) is 5.56 Å². The predicted octanol–water partition coefficient (Wildman–Crippen LogP) is 3.54. The summed E-state index contributed by atoms with van der Waals surface area (Å²) in [5.74, 6) is 3.10. The normalized spacial score (nSPS) is 12.0. The maximum Gasteiger partial charge on any atom is 0.235 e. The minimum absolute atomic E-state index is 0.264. The second-order valence-electron chi connectivity index (χ2n) is 6.27. The van der Waals surface area contributed by atoms with Crippen LogP contribution in [0.5, 0.6) is 29.0 Å². The summed E-state index contributed by atoms with van der Waals surface area (Å²) in [6.45, 7) is 1.61. The van der Waals surface area contributed by atoms with Crippen molar-refractivity contribution in [2.75, 3.05) is 25.6 Å². The van der Waals surface area contributed by atoms with Gasteiger partial charge in [0, 0.05) is 6.54 Å². The largest absolute Gasteiger partial charge is 0.486 e. The molecule has 1 aliphatic rings. The maximum absolute atomic E-state index is 5.76. The van der Waals surface area contributed by atoms with Crippen LogP contribution < -0.4 is 29.6 Å². The maximum atomic E-state index is 5.76. The number of fused-ring (bicyclic) bond motifs is 1. The molecule has 1 aromatic heterocycles. The van der Waals surface area contributed by atoms with Crippen LogP contribution in [0.15, 0.2) is 54.6 Å². The Bertz CT molecular complexity index is 1030. The molecule has 2 N–H and O–H groups in total. The molecule has 154 valence electrons. The molecule has 0 saturated heterocycles. The van der Waals surface area contributed by atoms with Crippen LogP contribution in [-0.4, -0.2) is 35.4 Å². The highest BCUT2D eigenvalue weighted by Crippen LogP contribution is 2.30. The van der Waals surface area contributed by atoms with Gasteiger partial charge in [0.2, 0.25) is 17.7 Å². The highest BCUT2D eigenvalue weighted by atomic mass is 32.1. The zero-order valence-corrected chi connectivity index (χ0v) is 17.1. The minimum atomic E-state index is 0.264. The fourth-order valence-electron chi connectivity index (χ4n) is 2.75. The molecular weight excluding hydrogens is 404 g/mol. The van der Waals surface area contributed by atoms with Gasteiger partial charge in [0.1, 0.15) is 19.0 Å². The third kappa shape index (κ3) is 5.06. The van der Waals surface area contributed by atoms with Gasteiger partial charge in [0.25, 0.3) is 0 Å². The van der Waals surface area contributed by atoms with Crippen molar-refractivity contribution in [2.45, 2.75) is 6.54 Å². The van der Waals surface area contributed by atoms with Crippen molar-refractivity contribution in [3.63, 3.8) is 0 Å². The number of thiocarbonyl (C=S) groups is 1. The van der Waals surface area contributed by atoms with Crippen molar-refractivity contribution < 1.29 is 18.9 Å². The number of para-hydroxylation sites is 1. The SMILES string of the molecule is COc1cc(Oc2ccccc2)nc(NC(=S)NCc2ccc3c(c2)OCCO3)n1. The second kappa shape index (κ2) is 9.27. The molecule has 2 aromatic carbocycles. The molecule has 1 aliphatic heterocycles. The molecule has 0 radical (unpaired) electrons. The Morgan fingerprint density at radius 3 is 2.57 bits per heavy atom. The van der Waals surface area contributed by atoms with E-state index in [2.05, 4.69) is 20.6 Å². The lowest BCUT2D eigenvalue weighted by Crippen LogP contribution is -2.28. The Morgan fingerprint density at radius 1 is 1.00 bits per heavy atom. The molecule has 0 amide bonds. The Morgan fingerprint density at radius 2 is 1.77 bits per heavy atom. The van der Waals surface area contributed by atoms with Gasteiger partial charge >= 0.3 is 0 Å². The van der Waals surface area contributed by atoms with Gasteiger partial charge in [-0.1, -0.05) is 24.3 Å². The Kier molecular flexibility index (Phi) is 6.09. The van der Waals surface area contributed by atoms with Crippen LogP contribution in [0.25, 0.3) is 0 Å². The second-order valence-corrected chi connectivity index (χ2v) is 6.68. The zero-order valence-electron chi connectivity index (χ0n) is 16.3. The highest BCUT2D eigenvalue weighted by molar-refractivity contribution is 7.80. The summed E-state index contributed by atoms with van der Waals surface area (Å²) < 4.78 is 22.1. The van der Waals surface area contributed by atoms with E-state index in [1.165, 1.54) is 7.11 Å². The molecule has 4 rings (SSSR count). The number of anilines is 1. The smallest absolute Gasteiger partial charge is 0.235 e. The van der Waals surface area contributed by atoms with Crippen molar-refractivity contribution in [3.05, 3.63) is 60.2 Å². The zero-order chi connectivity index (χ0) is 20.8. The first kappa shape index (κ1) is 19.7. The van der Waals surface area contributed by atoms with E-state index in [1.54, 1.807) is 6.07 Å². The Balaban J connectivity index is 1.39. The van der Waals surface area contributed by atoms with Crippen molar-refractivity contribution in [2.24, 2.45) is 0 Å². The van der Waals surface area contributed by atoms with Gasteiger partial charge in [-0.05, 0) is 42.0 Å². The first-order chi connectivity index (χ1) is 14.7. The van der Waals surface area contributed by atoms with Gasteiger partial charge < -0.3 is 29.6 Å². The van der Waals surface area contributed by atoms with Crippen LogP contribution in [0.4, 0.5) is 5.95 Å². The summed E-state index contributed by atoms with van der Waals surface area (Å²) in [5, 5.41) is 6.45. The van der Waals surface area contributed by atoms with Crippen molar-refractivity contribution in [1.29, 1.82) is 0 Å². The number of ether oxygens (including phenoxy) is 4. The molecule has 0 atom stereocenters. The average molecular weight is 424 g/mol. The number of methoxy groups -OCH3 is 1. The number of aromatic nitrogens is 2. The van der Waals surface area contributed by atoms with E-state index in [-0.39, 0.29) is 5.95 Å². The topological polar surface area (TPSA) is 86.8 Å². The van der Waals surface area contributed by atoms with E-state index >= 15 is 0 Å². The molecule has 0 unspecified atom stereocenters. The lowest BCUT2D eigenvalue weighted by atomic mass is 10.2. The van der Waals surface area contributed by atoms with Gasteiger partial charge in [0.15, 0.2) is 16.6 Å². The monoisotopic (exact) mass is 424 g/mol. The number of rotatable bonds is 6. The van der Waals surface area contributed by atoms with Crippen molar-refractivity contribution in [3.8, 4) is 29.0 Å². The van der Waals surface area contributed by atoms with Crippen LogP contribution in [0.3, 0.4) is 0 Å². The molecule has 0 spiro atoms. The molecule has 2 heterocycles. The van der Waals surface area contributed by atoms with Gasteiger partial charge in [-0.3, -0.25) is 0 Å². The van der Waals surface area contributed by atoms with Crippen molar-refractivity contribution in [1.82, 2.24) is 15.3 Å². The summed E-state index contributed by atoms with van der Waals surface area (Å²) in [5.41, 5.74) is 1.00. The summed E-state index contributed by atoms with van der Waals surface area (Å²) in [4.78, 5) is 8.60. The van der Waals surface area contributed by atoms with E-state index in [9.17, 15) is 0 Å². The number of benzene rings is 2. The quantitative estimate of drug-likeness (QED) is 0.577. The summed E-state index contributed by atoms with van der Waals surface area (Å²) in [6.07, 6.45) is 0. The van der Waals surface area contributed by atoms with Crippen molar-refractivity contribution >= 4 is 23.3 Å². The number of nitrogens with one attached hydrogen (secondary N) is 2. The van der Waals surface area contributed by atoms with Gasteiger partial charge in [0.05, 0.1) is 13.2 Å². The van der Waals surface area contributed by atoms with E-state index in [0.717, 1.165) is 17.1 Å².